The van der Waals surface area contributed by atoms with E-state index < -0.39 is 0 Å². The van der Waals surface area contributed by atoms with Crippen molar-refractivity contribution in [3.63, 3.8) is 0 Å². The number of carbonyl (C=O) groups excluding carboxylic acids is 1. The average Bonchev–Trinajstić information content (AvgIpc) is 2.67. The molecule has 3 rings (SSSR count). The molecule has 0 aliphatic heterocycles. The van der Waals surface area contributed by atoms with Crippen molar-refractivity contribution in [3.05, 3.63) is 75.8 Å². The minimum atomic E-state index is -0.157. The maximum atomic E-state index is 12.3. The zero-order chi connectivity index (χ0) is 19.2. The minimum absolute atomic E-state index is 0.0550. The monoisotopic (exact) mass is 364 g/mol. The molecular formula is C21H24N4O2. The number of aromatic nitrogens is 2. The molecule has 0 spiro atoms. The molecule has 1 amide bonds. The van der Waals surface area contributed by atoms with E-state index in [0.717, 1.165) is 5.56 Å². The van der Waals surface area contributed by atoms with Crippen molar-refractivity contribution in [1.82, 2.24) is 20.2 Å². The van der Waals surface area contributed by atoms with Crippen molar-refractivity contribution in [1.29, 1.82) is 0 Å². The van der Waals surface area contributed by atoms with Gasteiger partial charge in [-0.25, -0.2) is 4.98 Å². The number of rotatable bonds is 7. The third kappa shape index (κ3) is 5.01. The number of benzene rings is 2. The summed E-state index contributed by atoms with van der Waals surface area (Å²) in [6, 6.07) is 15.3. The van der Waals surface area contributed by atoms with Crippen LogP contribution in [0.15, 0.2) is 53.3 Å². The van der Waals surface area contributed by atoms with Crippen LogP contribution in [0.1, 0.15) is 23.9 Å². The molecule has 3 aromatic rings. The maximum Gasteiger partial charge on any atom is 0.258 e. The molecule has 0 aliphatic rings. The lowest BCUT2D eigenvalue weighted by atomic mass is 10.1. The zero-order valence-corrected chi connectivity index (χ0v) is 15.7. The van der Waals surface area contributed by atoms with Crippen LogP contribution in [0.3, 0.4) is 0 Å². The van der Waals surface area contributed by atoms with Crippen LogP contribution in [0.4, 0.5) is 0 Å². The van der Waals surface area contributed by atoms with Crippen molar-refractivity contribution < 1.29 is 4.79 Å². The number of amides is 1. The molecule has 6 nitrogen and oxygen atoms in total. The average molecular weight is 364 g/mol. The molecular weight excluding hydrogens is 340 g/mol. The predicted molar refractivity (Wildman–Crippen MR) is 106 cm³/mol. The van der Waals surface area contributed by atoms with Gasteiger partial charge < -0.3 is 10.3 Å². The summed E-state index contributed by atoms with van der Waals surface area (Å²) in [6.45, 7) is 5.85. The number of para-hydroxylation sites is 1. The first-order valence-electron chi connectivity index (χ1n) is 9.07. The third-order valence-electron chi connectivity index (χ3n) is 4.46. The second-order valence-corrected chi connectivity index (χ2v) is 6.60. The summed E-state index contributed by atoms with van der Waals surface area (Å²) in [4.78, 5) is 33.7. The van der Waals surface area contributed by atoms with Crippen molar-refractivity contribution in [3.8, 4) is 0 Å². The summed E-state index contributed by atoms with van der Waals surface area (Å²) in [7, 11) is 0. The lowest BCUT2D eigenvalue weighted by molar-refractivity contribution is -0.122. The van der Waals surface area contributed by atoms with Gasteiger partial charge in [-0.3, -0.25) is 14.5 Å². The fraction of sp³-hybridized carbons (Fsp3) is 0.286. The molecule has 0 radical (unpaired) electrons. The number of likely N-dealkylation sites (N-methyl/N-ethyl adjacent to an activating group) is 1. The number of fused-ring (bicyclic) bond motifs is 1. The molecule has 0 aliphatic carbocycles. The van der Waals surface area contributed by atoms with Crippen molar-refractivity contribution in [2.45, 2.75) is 26.9 Å². The summed E-state index contributed by atoms with van der Waals surface area (Å²) >= 11 is 0. The van der Waals surface area contributed by atoms with Gasteiger partial charge in [0, 0.05) is 6.54 Å². The van der Waals surface area contributed by atoms with Crippen LogP contribution < -0.4 is 10.9 Å². The second-order valence-electron chi connectivity index (χ2n) is 6.60. The van der Waals surface area contributed by atoms with Gasteiger partial charge in [-0.1, -0.05) is 48.9 Å². The molecule has 1 heterocycles. The number of hydrogen-bond acceptors (Lipinski definition) is 4. The van der Waals surface area contributed by atoms with Crippen LogP contribution in [-0.2, 0) is 17.9 Å². The van der Waals surface area contributed by atoms with E-state index in [1.807, 2.05) is 61.2 Å². The number of aromatic amines is 1. The number of H-pyrrole nitrogens is 1. The van der Waals surface area contributed by atoms with Crippen LogP contribution in [0.5, 0.6) is 0 Å². The fourth-order valence-electron chi connectivity index (χ4n) is 2.87. The summed E-state index contributed by atoms with van der Waals surface area (Å²) < 4.78 is 0. The molecule has 0 saturated carbocycles. The smallest absolute Gasteiger partial charge is 0.258 e. The Kier molecular flexibility index (Phi) is 5.98. The summed E-state index contributed by atoms with van der Waals surface area (Å²) in [5.74, 6) is 0.507. The van der Waals surface area contributed by atoms with Gasteiger partial charge in [0.2, 0.25) is 5.91 Å². The maximum absolute atomic E-state index is 12.3. The van der Waals surface area contributed by atoms with E-state index in [-0.39, 0.29) is 18.0 Å². The molecule has 0 bridgehead atoms. The zero-order valence-electron chi connectivity index (χ0n) is 15.7. The number of nitrogens with zero attached hydrogens (tertiary/aromatic N) is 2. The largest absolute Gasteiger partial charge is 0.351 e. The lowest BCUT2D eigenvalue weighted by Crippen LogP contribution is -2.37. The molecule has 0 saturated heterocycles. The Labute approximate surface area is 158 Å². The summed E-state index contributed by atoms with van der Waals surface area (Å²) in [5, 5.41) is 3.51. The van der Waals surface area contributed by atoms with Gasteiger partial charge in [0.05, 0.1) is 24.0 Å². The highest BCUT2D eigenvalue weighted by Crippen LogP contribution is 2.07. The highest BCUT2D eigenvalue weighted by Gasteiger charge is 2.12. The van der Waals surface area contributed by atoms with E-state index in [1.54, 1.807) is 6.07 Å². The van der Waals surface area contributed by atoms with Gasteiger partial charge in [0.1, 0.15) is 5.82 Å². The van der Waals surface area contributed by atoms with Gasteiger partial charge in [0.25, 0.3) is 5.56 Å². The predicted octanol–water partition coefficient (Wildman–Crippen LogP) is 2.37. The highest BCUT2D eigenvalue weighted by atomic mass is 16.2. The Hall–Kier alpha value is -2.99. The number of carbonyl (C=O) groups is 1. The Morgan fingerprint density at radius 3 is 2.63 bits per heavy atom. The Balaban J connectivity index is 1.61. The Bertz CT molecular complexity index is 979. The van der Waals surface area contributed by atoms with Gasteiger partial charge in [-0.05, 0) is 31.2 Å². The SMILES string of the molecule is CCN(CC(=O)NCc1ccc(C)cc1)Cc1nc2ccccc2c(=O)[nH]1. The van der Waals surface area contributed by atoms with E-state index in [1.165, 1.54) is 5.56 Å². The molecule has 1 aromatic heterocycles. The van der Waals surface area contributed by atoms with E-state index in [2.05, 4.69) is 15.3 Å². The number of aryl methyl sites for hydroxylation is 1. The van der Waals surface area contributed by atoms with E-state index in [4.69, 9.17) is 0 Å². The Morgan fingerprint density at radius 1 is 1.15 bits per heavy atom. The topological polar surface area (TPSA) is 78.1 Å². The molecule has 140 valence electrons. The molecule has 27 heavy (non-hydrogen) atoms. The van der Waals surface area contributed by atoms with Crippen LogP contribution in [-0.4, -0.2) is 33.9 Å². The summed E-state index contributed by atoms with van der Waals surface area (Å²) in [6.07, 6.45) is 0. The van der Waals surface area contributed by atoms with E-state index in [9.17, 15) is 9.59 Å². The van der Waals surface area contributed by atoms with Crippen LogP contribution >= 0.6 is 0 Å². The minimum Gasteiger partial charge on any atom is -0.351 e. The highest BCUT2D eigenvalue weighted by molar-refractivity contribution is 5.78. The molecule has 2 N–H and O–H groups in total. The van der Waals surface area contributed by atoms with Crippen LogP contribution in [0.2, 0.25) is 0 Å². The number of nitrogens with one attached hydrogen (secondary N) is 2. The first-order valence-corrected chi connectivity index (χ1v) is 9.07. The lowest BCUT2D eigenvalue weighted by Gasteiger charge is -2.19. The van der Waals surface area contributed by atoms with Crippen molar-refractivity contribution in [2.24, 2.45) is 0 Å². The molecule has 0 atom stereocenters. The molecule has 6 heteroatoms. The molecule has 2 aromatic carbocycles. The first kappa shape index (κ1) is 18.8. The van der Waals surface area contributed by atoms with Gasteiger partial charge in [-0.15, -0.1) is 0 Å². The normalized spacial score (nSPS) is 11.1. The standard InChI is InChI=1S/C21H24N4O2/c1-3-25(14-20(26)22-12-16-10-8-15(2)9-11-16)13-19-23-18-7-5-4-6-17(18)21(27)24-19/h4-11H,3,12-14H2,1-2H3,(H,22,26)(H,23,24,27). The fourth-order valence-corrected chi connectivity index (χ4v) is 2.87. The van der Waals surface area contributed by atoms with Crippen LogP contribution in [0.25, 0.3) is 10.9 Å². The van der Waals surface area contributed by atoms with Gasteiger partial charge >= 0.3 is 0 Å². The van der Waals surface area contributed by atoms with Gasteiger partial charge in [-0.2, -0.15) is 0 Å². The quantitative estimate of drug-likeness (QED) is 0.675. The van der Waals surface area contributed by atoms with Crippen molar-refractivity contribution >= 4 is 16.8 Å². The van der Waals surface area contributed by atoms with E-state index in [0.29, 0.717) is 36.4 Å². The Morgan fingerprint density at radius 2 is 1.89 bits per heavy atom. The van der Waals surface area contributed by atoms with Crippen LogP contribution in [0, 0.1) is 6.92 Å². The number of hydrogen-bond donors (Lipinski definition) is 2. The molecule has 0 unspecified atom stereocenters. The van der Waals surface area contributed by atoms with E-state index >= 15 is 0 Å². The molecule has 0 fully saturated rings. The summed E-state index contributed by atoms with van der Waals surface area (Å²) in [5.41, 5.74) is 2.77. The second kappa shape index (κ2) is 8.60. The van der Waals surface area contributed by atoms with Gasteiger partial charge in [0.15, 0.2) is 0 Å². The third-order valence-corrected chi connectivity index (χ3v) is 4.46. The van der Waals surface area contributed by atoms with Crippen molar-refractivity contribution in [2.75, 3.05) is 13.1 Å². The first-order chi connectivity index (χ1) is 13.0.